The summed E-state index contributed by atoms with van der Waals surface area (Å²) in [6.45, 7) is 13.2. The smallest absolute Gasteiger partial charge is 0.407 e. The van der Waals surface area contributed by atoms with Gasteiger partial charge in [0.25, 0.3) is 5.91 Å². The van der Waals surface area contributed by atoms with Crippen LogP contribution in [0.5, 0.6) is 0 Å². The van der Waals surface area contributed by atoms with E-state index in [0.29, 0.717) is 30.3 Å². The number of allylic oxidation sites excluding steroid dienone is 2. The molecule has 1 aliphatic heterocycles. The number of rotatable bonds is 4. The normalized spacial score (nSPS) is 19.8. The second-order valence-electron chi connectivity index (χ2n) is 12.4. The summed E-state index contributed by atoms with van der Waals surface area (Å²) in [6.07, 6.45) is 9.43. The van der Waals surface area contributed by atoms with E-state index in [-0.39, 0.29) is 23.4 Å². The first kappa shape index (κ1) is 27.1. The van der Waals surface area contributed by atoms with E-state index in [1.165, 1.54) is 16.9 Å². The maximum Gasteiger partial charge on any atom is 0.407 e. The predicted molar refractivity (Wildman–Crippen MR) is 157 cm³/mol. The molecule has 8 nitrogen and oxygen atoms in total. The summed E-state index contributed by atoms with van der Waals surface area (Å²) in [5.41, 5.74) is 1.77. The summed E-state index contributed by atoms with van der Waals surface area (Å²) < 4.78 is 6.37. The molecule has 2 atom stereocenters. The highest BCUT2D eigenvalue weighted by Gasteiger charge is 2.30. The SMILES string of the molecule is CC(C)(C)OC(=O)NC1CCN(C(=O)c2cc3c(ccc4cnc(NC5C=CC=C(C(C)(C)C)C5)nc43)s2)C1. The highest BCUT2D eigenvalue weighted by atomic mass is 32.1. The molecule has 0 saturated carbocycles. The van der Waals surface area contributed by atoms with Crippen LogP contribution < -0.4 is 10.6 Å². The molecule has 2 N–H and O–H groups in total. The Hall–Kier alpha value is -3.46. The van der Waals surface area contributed by atoms with Crippen molar-refractivity contribution in [3.05, 3.63) is 53.1 Å². The van der Waals surface area contributed by atoms with E-state index in [9.17, 15) is 9.59 Å². The molecule has 1 fully saturated rings. The molecule has 2 aromatic heterocycles. The van der Waals surface area contributed by atoms with Gasteiger partial charge in [-0.15, -0.1) is 11.3 Å². The third kappa shape index (κ3) is 6.24. The highest BCUT2D eigenvalue weighted by Crippen LogP contribution is 2.34. The number of nitrogens with one attached hydrogen (secondary N) is 2. The quantitative estimate of drug-likeness (QED) is 0.398. The third-order valence-corrected chi connectivity index (χ3v) is 8.10. The fourth-order valence-corrected chi connectivity index (χ4v) is 6.01. The van der Waals surface area contributed by atoms with Crippen LogP contribution in [0.2, 0.25) is 0 Å². The Morgan fingerprint density at radius 1 is 1.15 bits per heavy atom. The molecule has 206 valence electrons. The van der Waals surface area contributed by atoms with Gasteiger partial charge in [-0.25, -0.2) is 14.8 Å². The number of likely N-dealkylation sites (tertiary alicyclic amines) is 1. The van der Waals surface area contributed by atoms with Crippen molar-refractivity contribution in [2.75, 3.05) is 18.4 Å². The van der Waals surface area contributed by atoms with Crippen LogP contribution in [-0.2, 0) is 4.74 Å². The molecule has 0 radical (unpaired) electrons. The molecule has 39 heavy (non-hydrogen) atoms. The Bertz CT molecular complexity index is 1480. The lowest BCUT2D eigenvalue weighted by Gasteiger charge is -2.28. The number of benzene rings is 1. The van der Waals surface area contributed by atoms with Crippen molar-refractivity contribution < 1.29 is 14.3 Å². The summed E-state index contributed by atoms with van der Waals surface area (Å²) in [5.74, 6) is 0.550. The number of carbonyl (C=O) groups is 2. The van der Waals surface area contributed by atoms with E-state index in [1.807, 2.05) is 45.2 Å². The summed E-state index contributed by atoms with van der Waals surface area (Å²) in [7, 11) is 0. The van der Waals surface area contributed by atoms with Gasteiger partial charge >= 0.3 is 6.09 Å². The van der Waals surface area contributed by atoms with Gasteiger partial charge in [0.15, 0.2) is 0 Å². The van der Waals surface area contributed by atoms with Gasteiger partial charge in [0.05, 0.1) is 22.5 Å². The van der Waals surface area contributed by atoms with E-state index >= 15 is 0 Å². The Balaban J connectivity index is 1.31. The lowest BCUT2D eigenvalue weighted by atomic mass is 9.81. The van der Waals surface area contributed by atoms with Gasteiger partial charge in [0.2, 0.25) is 5.95 Å². The van der Waals surface area contributed by atoms with Gasteiger partial charge in [0.1, 0.15) is 5.60 Å². The Morgan fingerprint density at radius 3 is 2.69 bits per heavy atom. The molecule has 3 aromatic rings. The molecule has 5 rings (SSSR count). The second-order valence-corrected chi connectivity index (χ2v) is 13.5. The molecule has 2 amide bonds. The van der Waals surface area contributed by atoms with Crippen LogP contribution in [0.25, 0.3) is 21.0 Å². The van der Waals surface area contributed by atoms with Crippen molar-refractivity contribution in [3.63, 3.8) is 0 Å². The number of aromatic nitrogens is 2. The van der Waals surface area contributed by atoms with Crippen molar-refractivity contribution in [1.82, 2.24) is 20.2 Å². The number of ether oxygens (including phenoxy) is 1. The zero-order valence-corrected chi connectivity index (χ0v) is 24.3. The van der Waals surface area contributed by atoms with Gasteiger partial charge in [-0.1, -0.05) is 44.6 Å². The Labute approximate surface area is 233 Å². The lowest BCUT2D eigenvalue weighted by molar-refractivity contribution is 0.0502. The van der Waals surface area contributed by atoms with Crippen LogP contribution in [0.4, 0.5) is 10.7 Å². The van der Waals surface area contributed by atoms with Gasteiger partial charge in [-0.2, -0.15) is 0 Å². The van der Waals surface area contributed by atoms with Gasteiger partial charge in [0, 0.05) is 34.8 Å². The van der Waals surface area contributed by atoms with E-state index in [2.05, 4.69) is 54.6 Å². The minimum Gasteiger partial charge on any atom is -0.444 e. The van der Waals surface area contributed by atoms with Crippen LogP contribution in [0.3, 0.4) is 0 Å². The standard InChI is InChI=1S/C30H37N5O3S/c1-29(2,3)19-8-7-9-20(14-19)32-27-31-16-18-10-11-23-22(25(18)34-27)15-24(39-23)26(36)35-13-12-21(17-35)33-28(37)38-30(4,5)6/h7-11,15-16,20-21H,12-14,17H2,1-6H3,(H,33,37)(H,31,32,34). The second kappa shape index (κ2) is 10.3. The average molecular weight is 548 g/mol. The summed E-state index contributed by atoms with van der Waals surface area (Å²) in [4.78, 5) is 37.4. The maximum atomic E-state index is 13.4. The van der Waals surface area contributed by atoms with Gasteiger partial charge in [-0.05, 0) is 57.2 Å². The minimum atomic E-state index is -0.559. The van der Waals surface area contributed by atoms with Gasteiger partial charge < -0.3 is 20.3 Å². The molecule has 0 bridgehead atoms. The van der Waals surface area contributed by atoms with Crippen LogP contribution >= 0.6 is 11.3 Å². The van der Waals surface area contributed by atoms with Crippen molar-refractivity contribution in [2.45, 2.75) is 72.1 Å². The summed E-state index contributed by atoms with van der Waals surface area (Å²) in [6, 6.07) is 5.97. The zero-order valence-electron chi connectivity index (χ0n) is 23.5. The molecule has 1 saturated heterocycles. The fourth-order valence-electron chi connectivity index (χ4n) is 4.98. The topological polar surface area (TPSA) is 96.5 Å². The summed E-state index contributed by atoms with van der Waals surface area (Å²) >= 11 is 1.47. The Morgan fingerprint density at radius 2 is 1.95 bits per heavy atom. The molecule has 1 aromatic carbocycles. The van der Waals surface area contributed by atoms with E-state index in [1.54, 1.807) is 4.90 Å². The number of hydrogen-bond acceptors (Lipinski definition) is 7. The monoisotopic (exact) mass is 547 g/mol. The number of alkyl carbamates (subject to hydrolysis) is 1. The van der Waals surface area contributed by atoms with Crippen LogP contribution in [0, 0.1) is 5.41 Å². The largest absolute Gasteiger partial charge is 0.444 e. The number of hydrogen-bond donors (Lipinski definition) is 2. The molecular formula is C30H37N5O3S. The van der Waals surface area contributed by atoms with Crippen molar-refractivity contribution in [1.29, 1.82) is 0 Å². The van der Waals surface area contributed by atoms with Crippen LogP contribution in [0.1, 0.15) is 64.1 Å². The van der Waals surface area contributed by atoms with Gasteiger partial charge in [-0.3, -0.25) is 4.79 Å². The number of carbonyl (C=O) groups excluding carboxylic acids is 2. The number of thiophene rings is 1. The molecule has 2 aliphatic rings. The lowest BCUT2D eigenvalue weighted by Crippen LogP contribution is -2.41. The number of amides is 2. The van der Waals surface area contributed by atoms with Crippen LogP contribution in [-0.4, -0.2) is 57.6 Å². The Kier molecular flexibility index (Phi) is 7.13. The first-order valence-electron chi connectivity index (χ1n) is 13.5. The van der Waals surface area contributed by atoms with E-state index < -0.39 is 11.7 Å². The molecule has 2 unspecified atom stereocenters. The van der Waals surface area contributed by atoms with Crippen LogP contribution in [0.15, 0.2) is 48.2 Å². The van der Waals surface area contributed by atoms with E-state index in [0.717, 1.165) is 27.4 Å². The molecule has 3 heterocycles. The number of nitrogens with zero attached hydrogens (tertiary/aromatic N) is 3. The minimum absolute atomic E-state index is 0.0286. The average Bonchev–Trinajstić information content (AvgIpc) is 3.49. The molecule has 0 spiro atoms. The molecule has 1 aliphatic carbocycles. The van der Waals surface area contributed by atoms with E-state index in [4.69, 9.17) is 9.72 Å². The zero-order chi connectivity index (χ0) is 27.9. The molecule has 9 heteroatoms. The van der Waals surface area contributed by atoms with Crippen molar-refractivity contribution >= 4 is 50.3 Å². The summed E-state index contributed by atoms with van der Waals surface area (Å²) in [5, 5.41) is 8.25. The molecular weight excluding hydrogens is 510 g/mol. The van der Waals surface area contributed by atoms with Crippen molar-refractivity contribution in [2.24, 2.45) is 5.41 Å². The predicted octanol–water partition coefficient (Wildman–Crippen LogP) is 6.30. The highest BCUT2D eigenvalue weighted by molar-refractivity contribution is 7.21. The van der Waals surface area contributed by atoms with Crippen molar-refractivity contribution in [3.8, 4) is 0 Å². The fraction of sp³-hybridized carbons (Fsp3) is 0.467. The third-order valence-electron chi connectivity index (χ3n) is 7.01. The maximum absolute atomic E-state index is 13.4. The number of fused-ring (bicyclic) bond motifs is 3. The first-order valence-corrected chi connectivity index (χ1v) is 14.3. The number of anilines is 1. The first-order chi connectivity index (χ1) is 18.4.